The lowest BCUT2D eigenvalue weighted by molar-refractivity contribution is -0.170. The second-order valence-corrected chi connectivity index (χ2v) is 8.92. The maximum atomic E-state index is 12.0. The Kier molecular flexibility index (Phi) is 8.56. The van der Waals surface area contributed by atoms with Crippen LogP contribution >= 0.6 is 11.3 Å². The first-order chi connectivity index (χ1) is 14.1. The number of carbonyl (C=O) groups is 4. The monoisotopic (exact) mass is 460 g/mol. The van der Waals surface area contributed by atoms with E-state index in [0.29, 0.717) is 17.2 Å². The van der Waals surface area contributed by atoms with Gasteiger partial charge < -0.3 is 30.9 Å². The molecule has 0 saturated carbocycles. The SMILES string of the molecule is CCOC(=O)c1c(N)sc2c1CC(C)(C)N(C)C2.O=C(O)CC(O)(CC(=O)O)C(=O)O. The molecule has 0 unspecified atom stereocenters. The first-order valence-corrected chi connectivity index (χ1v) is 10.1. The zero-order valence-electron chi connectivity index (χ0n) is 17.8. The molecule has 0 bridgehead atoms. The largest absolute Gasteiger partial charge is 0.481 e. The second-order valence-electron chi connectivity index (χ2n) is 7.79. The summed E-state index contributed by atoms with van der Waals surface area (Å²) in [5, 5.41) is 34.4. The number of thiophene rings is 1. The minimum atomic E-state index is -2.74. The van der Waals surface area contributed by atoms with E-state index in [1.165, 1.54) is 16.2 Å². The Morgan fingerprint density at radius 2 is 1.68 bits per heavy atom. The number of carbonyl (C=O) groups excluding carboxylic acids is 1. The summed E-state index contributed by atoms with van der Waals surface area (Å²) >= 11 is 1.51. The molecule has 6 N–H and O–H groups in total. The lowest BCUT2D eigenvalue weighted by atomic mass is 9.87. The summed E-state index contributed by atoms with van der Waals surface area (Å²) < 4.78 is 5.10. The summed E-state index contributed by atoms with van der Waals surface area (Å²) in [6, 6.07) is 0. The van der Waals surface area contributed by atoms with Crippen molar-refractivity contribution in [2.24, 2.45) is 0 Å². The third-order valence-corrected chi connectivity index (χ3v) is 5.95. The van der Waals surface area contributed by atoms with Gasteiger partial charge in [0.25, 0.3) is 0 Å². The summed E-state index contributed by atoms with van der Waals surface area (Å²) in [5.41, 5.74) is 4.97. The number of hydrogen-bond acceptors (Lipinski definition) is 9. The van der Waals surface area contributed by atoms with Gasteiger partial charge >= 0.3 is 23.9 Å². The topological polar surface area (TPSA) is 188 Å². The molecule has 2 heterocycles. The molecule has 1 aliphatic rings. The molecule has 1 aliphatic heterocycles. The summed E-state index contributed by atoms with van der Waals surface area (Å²) in [6.45, 7) is 7.39. The molecule has 2 rings (SSSR count). The predicted octanol–water partition coefficient (Wildman–Crippen LogP) is 1.03. The van der Waals surface area contributed by atoms with Gasteiger partial charge in [0.2, 0.25) is 0 Å². The van der Waals surface area contributed by atoms with E-state index < -0.39 is 36.4 Å². The fourth-order valence-electron chi connectivity index (χ4n) is 2.99. The molecule has 0 saturated heterocycles. The van der Waals surface area contributed by atoms with E-state index in [-0.39, 0.29) is 11.5 Å². The minimum Gasteiger partial charge on any atom is -0.481 e. The van der Waals surface area contributed by atoms with E-state index in [1.54, 1.807) is 0 Å². The number of fused-ring (bicyclic) bond motifs is 1. The smallest absolute Gasteiger partial charge is 0.341 e. The Labute approximate surface area is 183 Å². The summed E-state index contributed by atoms with van der Waals surface area (Å²) in [7, 11) is 2.10. The molecular weight excluding hydrogens is 432 g/mol. The number of ether oxygens (including phenoxy) is 1. The molecule has 174 valence electrons. The number of carboxylic acids is 3. The van der Waals surface area contributed by atoms with Crippen LogP contribution in [-0.4, -0.2) is 74.0 Å². The fourth-order valence-corrected chi connectivity index (χ4v) is 4.12. The van der Waals surface area contributed by atoms with Gasteiger partial charge in [-0.15, -0.1) is 11.3 Å². The zero-order chi connectivity index (χ0) is 24.1. The van der Waals surface area contributed by atoms with Crippen LogP contribution in [0.1, 0.15) is 54.4 Å². The van der Waals surface area contributed by atoms with Crippen LogP contribution in [0.25, 0.3) is 0 Å². The van der Waals surface area contributed by atoms with Crippen LogP contribution in [0.15, 0.2) is 0 Å². The zero-order valence-corrected chi connectivity index (χ0v) is 18.6. The third-order valence-electron chi connectivity index (χ3n) is 4.91. The molecule has 0 fully saturated rings. The highest BCUT2D eigenvalue weighted by molar-refractivity contribution is 7.16. The van der Waals surface area contributed by atoms with Gasteiger partial charge in [0.05, 0.1) is 25.0 Å². The Morgan fingerprint density at radius 3 is 2.10 bits per heavy atom. The van der Waals surface area contributed by atoms with Crippen LogP contribution in [-0.2, 0) is 32.1 Å². The van der Waals surface area contributed by atoms with Crippen molar-refractivity contribution >= 4 is 40.2 Å². The quantitative estimate of drug-likeness (QED) is 0.365. The van der Waals surface area contributed by atoms with Crippen molar-refractivity contribution in [1.82, 2.24) is 4.90 Å². The van der Waals surface area contributed by atoms with Gasteiger partial charge in [-0.05, 0) is 39.8 Å². The number of nitrogens with two attached hydrogens (primary N) is 1. The highest BCUT2D eigenvalue weighted by Crippen LogP contribution is 2.39. The van der Waals surface area contributed by atoms with Crippen molar-refractivity contribution in [3.63, 3.8) is 0 Å². The number of hydrogen-bond donors (Lipinski definition) is 5. The number of esters is 1. The lowest BCUT2D eigenvalue weighted by Crippen LogP contribution is -2.45. The Morgan fingerprint density at radius 1 is 1.16 bits per heavy atom. The maximum Gasteiger partial charge on any atom is 0.341 e. The molecule has 0 atom stereocenters. The van der Waals surface area contributed by atoms with Crippen molar-refractivity contribution < 1.29 is 44.3 Å². The van der Waals surface area contributed by atoms with E-state index >= 15 is 0 Å². The van der Waals surface area contributed by atoms with Gasteiger partial charge in [0.15, 0.2) is 5.60 Å². The van der Waals surface area contributed by atoms with Crippen molar-refractivity contribution in [3.05, 3.63) is 16.0 Å². The Balaban J connectivity index is 0.000000330. The number of aliphatic hydroxyl groups is 1. The second kappa shape index (κ2) is 10.1. The molecule has 1 aromatic heterocycles. The van der Waals surface area contributed by atoms with Crippen LogP contribution in [0.5, 0.6) is 0 Å². The molecule has 0 amide bonds. The Bertz CT molecular complexity index is 847. The van der Waals surface area contributed by atoms with Crippen LogP contribution in [0.4, 0.5) is 5.00 Å². The molecule has 1 aromatic rings. The highest BCUT2D eigenvalue weighted by Gasteiger charge is 2.41. The van der Waals surface area contributed by atoms with Crippen molar-refractivity contribution in [2.45, 2.75) is 57.7 Å². The molecule has 0 aromatic carbocycles. The maximum absolute atomic E-state index is 12.0. The number of anilines is 1. The van der Waals surface area contributed by atoms with E-state index in [9.17, 15) is 19.2 Å². The molecule has 31 heavy (non-hydrogen) atoms. The van der Waals surface area contributed by atoms with Crippen molar-refractivity contribution in [1.29, 1.82) is 0 Å². The van der Waals surface area contributed by atoms with Gasteiger partial charge in [-0.1, -0.05) is 0 Å². The first kappa shape index (κ1) is 26.3. The minimum absolute atomic E-state index is 0.0434. The average molecular weight is 461 g/mol. The van der Waals surface area contributed by atoms with Crippen LogP contribution in [0.3, 0.4) is 0 Å². The summed E-state index contributed by atoms with van der Waals surface area (Å²) in [5.74, 6) is -5.30. The van der Waals surface area contributed by atoms with Crippen molar-refractivity contribution in [2.75, 3.05) is 19.4 Å². The molecule has 0 radical (unpaired) electrons. The molecular formula is C19H28N2O9S. The summed E-state index contributed by atoms with van der Waals surface area (Å²) in [4.78, 5) is 46.0. The van der Waals surface area contributed by atoms with Gasteiger partial charge in [0, 0.05) is 17.0 Å². The number of nitrogen functional groups attached to an aromatic ring is 1. The molecule has 11 nitrogen and oxygen atoms in total. The van der Waals surface area contributed by atoms with Gasteiger partial charge in [-0.3, -0.25) is 14.5 Å². The molecule has 12 heteroatoms. The lowest BCUT2D eigenvalue weighted by Gasteiger charge is -2.39. The van der Waals surface area contributed by atoms with Gasteiger partial charge in [-0.25, -0.2) is 9.59 Å². The van der Waals surface area contributed by atoms with Crippen LogP contribution < -0.4 is 5.73 Å². The van der Waals surface area contributed by atoms with E-state index in [1.807, 2.05) is 6.92 Å². The van der Waals surface area contributed by atoms with Crippen LogP contribution in [0.2, 0.25) is 0 Å². The normalized spacial score (nSPS) is 15.3. The third kappa shape index (κ3) is 6.64. The Hall–Kier alpha value is -2.70. The van der Waals surface area contributed by atoms with Gasteiger partial charge in [-0.2, -0.15) is 0 Å². The first-order valence-electron chi connectivity index (χ1n) is 9.32. The van der Waals surface area contributed by atoms with E-state index in [0.717, 1.165) is 18.5 Å². The summed E-state index contributed by atoms with van der Waals surface area (Å²) in [6.07, 6.45) is -1.45. The standard InChI is InChI=1S/C13H20N2O2S.C6H8O7/c1-5-17-12(16)10-8-6-13(2,3)15(4)7-9(8)18-11(10)14;7-3(8)1-6(13,5(11)12)2-4(9)10/h5-7,14H2,1-4H3;13H,1-2H2,(H,7,8)(H,9,10)(H,11,12). The number of aliphatic carboxylic acids is 3. The van der Waals surface area contributed by atoms with Crippen molar-refractivity contribution in [3.8, 4) is 0 Å². The molecule has 0 aliphatic carbocycles. The van der Waals surface area contributed by atoms with Crippen LogP contribution in [0, 0.1) is 0 Å². The predicted molar refractivity (Wildman–Crippen MR) is 111 cm³/mol. The van der Waals surface area contributed by atoms with Gasteiger partial charge in [0.1, 0.15) is 5.00 Å². The number of carboxylic acid groups (broad SMARTS) is 3. The fraction of sp³-hybridized carbons (Fsp3) is 0.579. The highest BCUT2D eigenvalue weighted by atomic mass is 32.1. The number of rotatable bonds is 7. The van der Waals surface area contributed by atoms with E-state index in [2.05, 4.69) is 25.8 Å². The number of nitrogens with zero attached hydrogens (tertiary/aromatic N) is 1. The van der Waals surface area contributed by atoms with E-state index in [4.69, 9.17) is 30.9 Å². The average Bonchev–Trinajstić information content (AvgIpc) is 2.88. The number of likely N-dealkylation sites (N-methyl/N-ethyl adjacent to an activating group) is 1. The molecule has 0 spiro atoms.